The van der Waals surface area contributed by atoms with E-state index in [2.05, 4.69) is 0 Å². The van der Waals surface area contributed by atoms with Crippen LogP contribution in [0.15, 0.2) is 71.7 Å². The minimum atomic E-state index is -0.139. The number of amides is 2. The molecule has 4 aliphatic heterocycles. The fourth-order valence-electron chi connectivity index (χ4n) is 8.03. The molecule has 0 spiro atoms. The molecule has 0 radical (unpaired) electrons. The number of nitrogens with zero attached hydrogens (tertiary/aromatic N) is 3. The summed E-state index contributed by atoms with van der Waals surface area (Å²) < 4.78 is 18.0. The molecule has 0 aromatic heterocycles. The molecular formula is C43H40N3O7W-. The number of anilines is 2. The number of ketones is 1. The SMILES string of the molecule is COc1cc2c(cc1OCCCOc1cc3c(cc1C)C(=O)N1c4cc(CC(=O)CC[C-]=O)ccc4C[C@H]1CC3)N=C[C@@H]1Cc3ccccc3N1C2=O.[W]. The van der Waals surface area contributed by atoms with E-state index in [1.165, 1.54) is 0 Å². The topological polar surface area (TPSA) is 115 Å². The summed E-state index contributed by atoms with van der Waals surface area (Å²) in [5, 5.41) is 0. The van der Waals surface area contributed by atoms with E-state index in [9.17, 15) is 19.2 Å². The predicted octanol–water partition coefficient (Wildman–Crippen LogP) is 6.66. The number of hydrogen-bond donors (Lipinski definition) is 0. The number of aliphatic imine (C=N–C) groups is 1. The third-order valence-electron chi connectivity index (χ3n) is 10.7. The van der Waals surface area contributed by atoms with E-state index >= 15 is 0 Å². The standard InChI is InChI=1S/C43H40N3O7.W/c1-26-17-34-28(12-13-31-20-30-11-10-27(18-33(48)8-5-14-47)19-38(30)45(31)42(34)49)22-39(26)52-15-6-16-53-41-24-36-35(23-40(41)51-2)43(50)46-32(25-44-36)21-29-7-3-4-9-37(29)46;/h3-4,7,9-11,17,19,22-25,31-32H,5-6,8,12-13,15-16,18,20-21H2,1-2H3;/q-1;/t31-,32+;/m1./s1. The van der Waals surface area contributed by atoms with Crippen LogP contribution >= 0.6 is 0 Å². The second-order valence-corrected chi connectivity index (χ2v) is 14.1. The summed E-state index contributed by atoms with van der Waals surface area (Å²) in [5.41, 5.74) is 8.41. The Labute approximate surface area is 328 Å². The summed E-state index contributed by atoms with van der Waals surface area (Å²) in [7, 11) is 1.56. The Morgan fingerprint density at radius 2 is 1.63 bits per heavy atom. The number of ether oxygens (including phenoxy) is 3. The summed E-state index contributed by atoms with van der Waals surface area (Å²) in [4.78, 5) is 59.1. The van der Waals surface area contributed by atoms with Crippen molar-refractivity contribution >= 4 is 47.2 Å². The van der Waals surface area contributed by atoms with Crippen molar-refractivity contribution in [3.63, 3.8) is 0 Å². The number of hydrogen-bond acceptors (Lipinski definition) is 8. The van der Waals surface area contributed by atoms with Gasteiger partial charge in [-0.15, -0.1) is 6.42 Å². The van der Waals surface area contributed by atoms with Gasteiger partial charge >= 0.3 is 0 Å². The second-order valence-electron chi connectivity index (χ2n) is 14.1. The number of rotatable bonds is 12. The predicted molar refractivity (Wildman–Crippen MR) is 201 cm³/mol. The molecule has 0 N–H and O–H groups in total. The Morgan fingerprint density at radius 3 is 2.44 bits per heavy atom. The molecule has 4 aromatic rings. The van der Waals surface area contributed by atoms with Crippen LogP contribution in [-0.2, 0) is 56.3 Å². The second kappa shape index (κ2) is 15.7. The van der Waals surface area contributed by atoms with Gasteiger partial charge in [-0.1, -0.05) is 30.3 Å². The third kappa shape index (κ3) is 7.00. The maximum atomic E-state index is 14.1. The Bertz CT molecular complexity index is 2180. The summed E-state index contributed by atoms with van der Waals surface area (Å²) in [6.45, 7) is 2.71. The maximum absolute atomic E-state index is 14.1. The molecule has 2 amide bonds. The molecule has 8 rings (SSSR count). The number of methoxy groups -OCH3 is 1. The van der Waals surface area contributed by atoms with E-state index in [1.54, 1.807) is 25.5 Å². The average molecular weight is 895 g/mol. The summed E-state index contributed by atoms with van der Waals surface area (Å²) >= 11 is 0. The van der Waals surface area contributed by atoms with Crippen molar-refractivity contribution < 1.29 is 54.5 Å². The van der Waals surface area contributed by atoms with Crippen LogP contribution in [-0.4, -0.2) is 62.5 Å². The summed E-state index contributed by atoms with van der Waals surface area (Å²) in [6.07, 6.45) is 7.79. The molecule has 11 heteroatoms. The third-order valence-corrected chi connectivity index (χ3v) is 10.7. The van der Waals surface area contributed by atoms with E-state index in [-0.39, 0.29) is 70.0 Å². The average Bonchev–Trinajstić information content (AvgIpc) is 3.65. The van der Waals surface area contributed by atoms with Crippen LogP contribution in [0.25, 0.3) is 0 Å². The molecule has 4 heterocycles. The number of para-hydroxylation sites is 1. The van der Waals surface area contributed by atoms with Crippen LogP contribution in [0.2, 0.25) is 0 Å². The fraction of sp³-hybridized carbons (Fsp3) is 0.326. The number of carbonyl (C=O) groups is 3. The molecule has 10 nitrogen and oxygen atoms in total. The smallest absolute Gasteiger partial charge is 0.261 e. The van der Waals surface area contributed by atoms with E-state index in [1.807, 2.05) is 77.5 Å². The number of aryl methyl sites for hydroxylation is 2. The van der Waals surface area contributed by atoms with Gasteiger partial charge in [0, 0.05) is 75.6 Å². The van der Waals surface area contributed by atoms with Gasteiger partial charge in [-0.3, -0.25) is 30.6 Å². The first-order valence-corrected chi connectivity index (χ1v) is 18.2. The van der Waals surface area contributed by atoms with Gasteiger partial charge in [0.05, 0.1) is 37.6 Å². The molecule has 54 heavy (non-hydrogen) atoms. The van der Waals surface area contributed by atoms with Gasteiger partial charge in [0.1, 0.15) is 11.5 Å². The quantitative estimate of drug-likeness (QED) is 0.116. The molecule has 2 atom stereocenters. The monoisotopic (exact) mass is 894 g/mol. The van der Waals surface area contributed by atoms with Gasteiger partial charge in [0.15, 0.2) is 11.5 Å². The normalized spacial score (nSPS) is 17.5. The first kappa shape index (κ1) is 37.2. The Morgan fingerprint density at radius 1 is 0.852 bits per heavy atom. The molecule has 4 aromatic carbocycles. The number of Topliss-reactive ketones (excluding diaryl/α,β-unsaturated/α-hetero) is 1. The van der Waals surface area contributed by atoms with Crippen molar-refractivity contribution in [3.05, 3.63) is 106 Å². The molecule has 0 fully saturated rings. The van der Waals surface area contributed by atoms with Gasteiger partial charge < -0.3 is 23.9 Å². The van der Waals surface area contributed by atoms with Crippen molar-refractivity contribution in [2.24, 2.45) is 4.99 Å². The molecule has 276 valence electrons. The van der Waals surface area contributed by atoms with Crippen LogP contribution in [0.1, 0.15) is 74.2 Å². The van der Waals surface area contributed by atoms with Crippen LogP contribution in [0.3, 0.4) is 0 Å². The van der Waals surface area contributed by atoms with Crippen molar-refractivity contribution in [2.75, 3.05) is 30.1 Å². The van der Waals surface area contributed by atoms with Crippen molar-refractivity contribution in [1.29, 1.82) is 0 Å². The number of fused-ring (bicyclic) bond motifs is 8. The maximum Gasteiger partial charge on any atom is 0.261 e. The Balaban J connectivity index is 0.00000450. The van der Waals surface area contributed by atoms with E-state index in [4.69, 9.17) is 19.2 Å². The molecule has 0 aliphatic carbocycles. The number of carbonyl (C=O) groups excluding carboxylic acids is 4. The van der Waals surface area contributed by atoms with Crippen molar-refractivity contribution in [3.8, 4) is 17.2 Å². The first-order valence-electron chi connectivity index (χ1n) is 18.2. The van der Waals surface area contributed by atoms with E-state index in [0.717, 1.165) is 70.6 Å². The molecule has 4 aliphatic rings. The van der Waals surface area contributed by atoms with Crippen LogP contribution < -0.4 is 24.0 Å². The minimum absolute atomic E-state index is 0. The minimum Gasteiger partial charge on any atom is -0.542 e. The zero-order chi connectivity index (χ0) is 36.6. The van der Waals surface area contributed by atoms with Gasteiger partial charge in [-0.05, 0) is 90.8 Å². The van der Waals surface area contributed by atoms with Crippen LogP contribution in [0, 0.1) is 6.92 Å². The summed E-state index contributed by atoms with van der Waals surface area (Å²) in [6, 6.07) is 21.2. The van der Waals surface area contributed by atoms with Gasteiger partial charge in [0.2, 0.25) is 0 Å². The van der Waals surface area contributed by atoms with Crippen LogP contribution in [0.4, 0.5) is 17.1 Å². The molecule has 0 saturated carbocycles. The fourth-order valence-corrected chi connectivity index (χ4v) is 8.03. The van der Waals surface area contributed by atoms with Gasteiger partial charge in [-0.25, -0.2) is 0 Å². The van der Waals surface area contributed by atoms with Crippen molar-refractivity contribution in [1.82, 2.24) is 0 Å². The van der Waals surface area contributed by atoms with Gasteiger partial charge in [-0.2, -0.15) is 0 Å². The summed E-state index contributed by atoms with van der Waals surface area (Å²) in [5.74, 6) is 1.55. The van der Waals surface area contributed by atoms with Crippen LogP contribution in [0.5, 0.6) is 17.2 Å². The van der Waals surface area contributed by atoms with E-state index < -0.39 is 0 Å². The molecular weight excluding hydrogens is 854 g/mol. The number of benzene rings is 4. The van der Waals surface area contributed by atoms with Gasteiger partial charge in [0.25, 0.3) is 11.8 Å². The zero-order valence-corrected chi connectivity index (χ0v) is 33.2. The Kier molecular flexibility index (Phi) is 10.8. The largest absolute Gasteiger partial charge is 0.542 e. The van der Waals surface area contributed by atoms with Crippen molar-refractivity contribution in [2.45, 2.75) is 70.4 Å². The van der Waals surface area contributed by atoms with E-state index in [0.29, 0.717) is 47.9 Å². The Hall–Kier alpha value is -5.08. The molecule has 0 unspecified atom stereocenters. The molecule has 0 bridgehead atoms. The first-order chi connectivity index (χ1) is 25.8. The zero-order valence-electron chi connectivity index (χ0n) is 30.3. The molecule has 0 saturated heterocycles.